The Morgan fingerprint density at radius 2 is 2.13 bits per heavy atom. The highest BCUT2D eigenvalue weighted by molar-refractivity contribution is 5.92. The molecule has 1 fully saturated rings. The van der Waals surface area contributed by atoms with Gasteiger partial charge in [-0.1, -0.05) is 29.8 Å². The summed E-state index contributed by atoms with van der Waals surface area (Å²) < 4.78 is 24.2. The smallest absolute Gasteiger partial charge is 0.244 e. The van der Waals surface area contributed by atoms with Gasteiger partial charge in [-0.3, -0.25) is 9.69 Å². The van der Waals surface area contributed by atoms with Crippen molar-refractivity contribution in [3.05, 3.63) is 60.2 Å². The molecule has 0 aliphatic carbocycles. The van der Waals surface area contributed by atoms with Gasteiger partial charge in [-0.25, -0.2) is 4.39 Å². The number of halogens is 1. The van der Waals surface area contributed by atoms with E-state index in [4.69, 9.17) is 9.26 Å². The molecule has 8 heteroatoms. The summed E-state index contributed by atoms with van der Waals surface area (Å²) in [5.74, 6) is 0.991. The summed E-state index contributed by atoms with van der Waals surface area (Å²) >= 11 is 0. The van der Waals surface area contributed by atoms with Gasteiger partial charge in [0.1, 0.15) is 11.6 Å². The van der Waals surface area contributed by atoms with Crippen LogP contribution in [0.4, 0.5) is 10.1 Å². The van der Waals surface area contributed by atoms with E-state index in [9.17, 15) is 9.18 Å². The van der Waals surface area contributed by atoms with Crippen LogP contribution in [-0.2, 0) is 4.79 Å². The lowest BCUT2D eigenvalue weighted by Gasteiger charge is -2.32. The second kappa shape index (κ2) is 9.04. The van der Waals surface area contributed by atoms with E-state index in [-0.39, 0.29) is 24.3 Å². The van der Waals surface area contributed by atoms with E-state index in [1.54, 1.807) is 25.3 Å². The van der Waals surface area contributed by atoms with Gasteiger partial charge in [-0.2, -0.15) is 4.98 Å². The summed E-state index contributed by atoms with van der Waals surface area (Å²) in [5.41, 5.74) is 1.24. The largest absolute Gasteiger partial charge is 0.497 e. The first-order valence-corrected chi connectivity index (χ1v) is 9.90. The van der Waals surface area contributed by atoms with Crippen LogP contribution in [0.5, 0.6) is 5.75 Å². The number of benzene rings is 2. The van der Waals surface area contributed by atoms with Crippen molar-refractivity contribution in [1.82, 2.24) is 15.0 Å². The van der Waals surface area contributed by atoms with Crippen molar-refractivity contribution in [1.29, 1.82) is 0 Å². The SMILES string of the molecule is COc1cccc(NC(=O)CN2CCCCC2c2nc(-c3cccc(F)c3)no2)c1. The highest BCUT2D eigenvalue weighted by atomic mass is 19.1. The van der Waals surface area contributed by atoms with Crippen LogP contribution in [0.1, 0.15) is 31.2 Å². The molecule has 0 bridgehead atoms. The molecule has 0 radical (unpaired) electrons. The Labute approximate surface area is 173 Å². The van der Waals surface area contributed by atoms with E-state index >= 15 is 0 Å². The van der Waals surface area contributed by atoms with Crippen LogP contribution in [0.2, 0.25) is 0 Å². The van der Waals surface area contributed by atoms with Gasteiger partial charge in [0.15, 0.2) is 0 Å². The predicted molar refractivity (Wildman–Crippen MR) is 109 cm³/mol. The molecule has 1 amide bonds. The van der Waals surface area contributed by atoms with Crippen molar-refractivity contribution >= 4 is 11.6 Å². The molecule has 1 aromatic heterocycles. The molecular formula is C22H23FN4O3. The molecule has 30 heavy (non-hydrogen) atoms. The summed E-state index contributed by atoms with van der Waals surface area (Å²) in [5, 5.41) is 6.91. The number of nitrogens with zero attached hydrogens (tertiary/aromatic N) is 3. The third-order valence-electron chi connectivity index (χ3n) is 5.12. The number of carbonyl (C=O) groups is 1. The molecular weight excluding hydrogens is 387 g/mol. The van der Waals surface area contributed by atoms with Gasteiger partial charge in [-0.05, 0) is 43.7 Å². The number of piperidine rings is 1. The molecule has 1 saturated heterocycles. The van der Waals surface area contributed by atoms with Crippen LogP contribution < -0.4 is 10.1 Å². The maximum absolute atomic E-state index is 13.5. The number of ether oxygens (including phenoxy) is 1. The summed E-state index contributed by atoms with van der Waals surface area (Å²) in [7, 11) is 1.59. The zero-order chi connectivity index (χ0) is 20.9. The Balaban J connectivity index is 1.46. The number of amides is 1. The van der Waals surface area contributed by atoms with Crippen molar-refractivity contribution in [3.8, 4) is 17.1 Å². The number of hydrogen-bond acceptors (Lipinski definition) is 6. The minimum atomic E-state index is -0.354. The minimum absolute atomic E-state index is 0.125. The zero-order valence-corrected chi connectivity index (χ0v) is 16.7. The number of hydrogen-bond donors (Lipinski definition) is 1. The molecule has 1 aliphatic rings. The average molecular weight is 410 g/mol. The fourth-order valence-electron chi connectivity index (χ4n) is 3.66. The minimum Gasteiger partial charge on any atom is -0.497 e. The van der Waals surface area contributed by atoms with Gasteiger partial charge in [0.2, 0.25) is 17.6 Å². The summed E-state index contributed by atoms with van der Waals surface area (Å²) in [6.45, 7) is 0.966. The molecule has 1 N–H and O–H groups in total. The predicted octanol–water partition coefficient (Wildman–Crippen LogP) is 4.05. The standard InChI is InChI=1S/C22H23FN4O3/c1-29-18-9-5-8-17(13-18)24-20(28)14-27-11-3-2-10-19(27)22-25-21(26-30-22)15-6-4-7-16(23)12-15/h4-9,12-13,19H,2-3,10-11,14H2,1H3,(H,24,28). The number of methoxy groups -OCH3 is 1. The molecule has 0 spiro atoms. The van der Waals surface area contributed by atoms with Crippen LogP contribution in [0.3, 0.4) is 0 Å². The molecule has 1 unspecified atom stereocenters. The molecule has 7 nitrogen and oxygen atoms in total. The van der Waals surface area contributed by atoms with Crippen LogP contribution in [0.15, 0.2) is 53.1 Å². The van der Waals surface area contributed by atoms with E-state index < -0.39 is 0 Å². The topological polar surface area (TPSA) is 80.5 Å². The molecule has 2 aromatic carbocycles. The number of rotatable bonds is 6. The monoisotopic (exact) mass is 410 g/mol. The van der Waals surface area contributed by atoms with Crippen molar-refractivity contribution in [3.63, 3.8) is 0 Å². The maximum Gasteiger partial charge on any atom is 0.244 e. The normalized spacial score (nSPS) is 16.9. The number of likely N-dealkylation sites (tertiary alicyclic amines) is 1. The highest BCUT2D eigenvalue weighted by Crippen LogP contribution is 2.31. The van der Waals surface area contributed by atoms with Gasteiger partial charge in [0, 0.05) is 17.3 Å². The summed E-state index contributed by atoms with van der Waals surface area (Å²) in [4.78, 5) is 19.1. The third-order valence-corrected chi connectivity index (χ3v) is 5.12. The van der Waals surface area contributed by atoms with Gasteiger partial charge >= 0.3 is 0 Å². The Morgan fingerprint density at radius 1 is 1.27 bits per heavy atom. The van der Waals surface area contributed by atoms with E-state index in [1.165, 1.54) is 12.1 Å². The van der Waals surface area contributed by atoms with Crippen molar-refractivity contribution in [2.24, 2.45) is 0 Å². The Hall–Kier alpha value is -3.26. The number of carbonyl (C=O) groups excluding carboxylic acids is 1. The van der Waals surface area contributed by atoms with Gasteiger partial charge in [0.05, 0.1) is 19.7 Å². The van der Waals surface area contributed by atoms with Crippen LogP contribution in [0, 0.1) is 5.82 Å². The molecule has 3 aromatic rings. The van der Waals surface area contributed by atoms with Gasteiger partial charge in [-0.15, -0.1) is 0 Å². The first kappa shape index (κ1) is 20.0. The molecule has 0 saturated carbocycles. The first-order chi connectivity index (χ1) is 14.6. The van der Waals surface area contributed by atoms with Crippen molar-refractivity contribution < 1.29 is 18.4 Å². The second-order valence-electron chi connectivity index (χ2n) is 7.23. The lowest BCUT2D eigenvalue weighted by molar-refractivity contribution is -0.118. The van der Waals surface area contributed by atoms with Crippen LogP contribution in [-0.4, -0.2) is 41.1 Å². The molecule has 4 rings (SSSR count). The zero-order valence-electron chi connectivity index (χ0n) is 16.7. The Bertz CT molecular complexity index is 1020. The first-order valence-electron chi connectivity index (χ1n) is 9.90. The lowest BCUT2D eigenvalue weighted by Crippen LogP contribution is -2.39. The molecule has 2 heterocycles. The van der Waals surface area contributed by atoms with Crippen LogP contribution >= 0.6 is 0 Å². The van der Waals surface area contributed by atoms with Crippen molar-refractivity contribution in [2.45, 2.75) is 25.3 Å². The maximum atomic E-state index is 13.5. The average Bonchev–Trinajstić information content (AvgIpc) is 3.24. The molecule has 156 valence electrons. The van der Waals surface area contributed by atoms with Gasteiger partial charge in [0.25, 0.3) is 0 Å². The van der Waals surface area contributed by atoms with Gasteiger partial charge < -0.3 is 14.6 Å². The number of aromatic nitrogens is 2. The van der Waals surface area contributed by atoms with E-state index in [0.717, 1.165) is 25.8 Å². The van der Waals surface area contributed by atoms with E-state index in [1.807, 2.05) is 23.1 Å². The highest BCUT2D eigenvalue weighted by Gasteiger charge is 2.30. The molecule has 1 aliphatic heterocycles. The summed E-state index contributed by atoms with van der Waals surface area (Å²) in [6, 6.07) is 13.2. The Kier molecular flexibility index (Phi) is 6.04. The van der Waals surface area contributed by atoms with Crippen LogP contribution in [0.25, 0.3) is 11.4 Å². The third kappa shape index (κ3) is 4.65. The van der Waals surface area contributed by atoms with E-state index in [0.29, 0.717) is 28.7 Å². The van der Waals surface area contributed by atoms with E-state index in [2.05, 4.69) is 15.5 Å². The quantitative estimate of drug-likeness (QED) is 0.660. The number of anilines is 1. The number of nitrogens with one attached hydrogen (secondary N) is 1. The lowest BCUT2D eigenvalue weighted by atomic mass is 10.0. The molecule has 1 atom stereocenters. The Morgan fingerprint density at radius 3 is 2.97 bits per heavy atom. The second-order valence-corrected chi connectivity index (χ2v) is 7.23. The van der Waals surface area contributed by atoms with Crippen molar-refractivity contribution in [2.75, 3.05) is 25.5 Å². The fraction of sp³-hybridized carbons (Fsp3) is 0.318. The fourth-order valence-corrected chi connectivity index (χ4v) is 3.66. The summed E-state index contributed by atoms with van der Waals surface area (Å²) in [6.07, 6.45) is 2.82.